The molecule has 1 fully saturated rings. The monoisotopic (exact) mass is 398 g/mol. The Hall–Kier alpha value is -2.33. The highest BCUT2D eigenvalue weighted by Gasteiger charge is 2.34. The Morgan fingerprint density at radius 3 is 2.44 bits per heavy atom. The maximum atomic E-state index is 12.9. The Balaban J connectivity index is 1.65. The van der Waals surface area contributed by atoms with Crippen LogP contribution in [0.3, 0.4) is 0 Å². The number of carbonyl (C=O) groups excluding carboxylic acids is 2. The van der Waals surface area contributed by atoms with E-state index in [1.807, 2.05) is 0 Å². The minimum atomic E-state index is -3.71. The summed E-state index contributed by atoms with van der Waals surface area (Å²) in [5.74, 6) is -0.787. The van der Waals surface area contributed by atoms with Crippen molar-refractivity contribution in [1.29, 1.82) is 0 Å². The zero-order valence-electron chi connectivity index (χ0n) is 14.9. The number of primary amides is 1. The summed E-state index contributed by atoms with van der Waals surface area (Å²) in [5, 5.41) is 0. The van der Waals surface area contributed by atoms with Crippen LogP contribution in [0.15, 0.2) is 23.1 Å². The van der Waals surface area contributed by atoms with Crippen LogP contribution in [0.2, 0.25) is 0 Å². The molecule has 2 heterocycles. The third-order valence-electron chi connectivity index (χ3n) is 4.63. The molecule has 1 saturated heterocycles. The normalized spacial score (nSPS) is 19.3. The minimum Gasteiger partial charge on any atom is -0.486 e. The number of rotatable bonds is 5. The van der Waals surface area contributed by atoms with Gasteiger partial charge in [0.1, 0.15) is 13.2 Å². The summed E-state index contributed by atoms with van der Waals surface area (Å²) in [5.41, 5.74) is 5.08. The molecule has 0 radical (unpaired) electrons. The lowest BCUT2D eigenvalue weighted by Crippen LogP contribution is -2.41. The predicted octanol–water partition coefficient (Wildman–Crippen LogP) is 0.276. The number of hydrogen-bond donors (Lipinski definition) is 1. The third-order valence-corrected chi connectivity index (χ3v) is 6.53. The van der Waals surface area contributed by atoms with Crippen LogP contribution < -0.4 is 15.2 Å². The Morgan fingerprint density at radius 2 is 1.81 bits per heavy atom. The zero-order valence-corrected chi connectivity index (χ0v) is 15.7. The Morgan fingerprint density at radius 1 is 1.19 bits per heavy atom. The van der Waals surface area contributed by atoms with Crippen LogP contribution in [0.1, 0.15) is 19.8 Å². The van der Waals surface area contributed by atoms with Crippen molar-refractivity contribution in [3.8, 4) is 11.5 Å². The number of benzene rings is 1. The molecule has 9 nitrogen and oxygen atoms in total. The molecule has 148 valence electrons. The van der Waals surface area contributed by atoms with Crippen molar-refractivity contribution < 1.29 is 32.2 Å². The van der Waals surface area contributed by atoms with Crippen molar-refractivity contribution in [2.45, 2.75) is 30.8 Å². The van der Waals surface area contributed by atoms with Crippen molar-refractivity contribution in [2.24, 2.45) is 11.7 Å². The predicted molar refractivity (Wildman–Crippen MR) is 93.7 cm³/mol. The van der Waals surface area contributed by atoms with Gasteiger partial charge in [0, 0.05) is 19.2 Å². The van der Waals surface area contributed by atoms with E-state index in [1.54, 1.807) is 6.07 Å². The second kappa shape index (κ2) is 7.73. The van der Waals surface area contributed by atoms with E-state index in [1.165, 1.54) is 23.4 Å². The van der Waals surface area contributed by atoms with E-state index in [-0.39, 0.29) is 18.0 Å². The number of amides is 1. The van der Waals surface area contributed by atoms with Crippen LogP contribution in [0, 0.1) is 5.92 Å². The number of sulfonamides is 1. The smallest absolute Gasteiger partial charge is 0.309 e. The summed E-state index contributed by atoms with van der Waals surface area (Å²) in [6.45, 7) is 2.56. The number of fused-ring (bicyclic) bond motifs is 1. The molecule has 0 bridgehead atoms. The van der Waals surface area contributed by atoms with Crippen LogP contribution in [0.5, 0.6) is 11.5 Å². The molecule has 0 unspecified atom stereocenters. The van der Waals surface area contributed by atoms with Gasteiger partial charge < -0.3 is 19.9 Å². The summed E-state index contributed by atoms with van der Waals surface area (Å²) < 4.78 is 42.9. The first-order valence-electron chi connectivity index (χ1n) is 8.68. The number of esters is 1. The first-order chi connectivity index (χ1) is 12.8. The molecule has 1 aromatic carbocycles. The number of carbonyl (C=O) groups is 2. The van der Waals surface area contributed by atoms with Crippen molar-refractivity contribution >= 4 is 21.9 Å². The van der Waals surface area contributed by atoms with E-state index in [4.69, 9.17) is 19.9 Å². The van der Waals surface area contributed by atoms with Gasteiger partial charge in [0.15, 0.2) is 17.6 Å². The molecule has 2 N–H and O–H groups in total. The Labute approximate surface area is 157 Å². The standard InChI is InChI=1S/C17H22N2O7S/c1-11(16(18)20)26-17(21)12-4-6-19(7-5-12)27(22,23)13-2-3-14-15(10-13)25-9-8-24-14/h2-3,10-12H,4-9H2,1H3,(H2,18,20)/t11-/m1/s1. The van der Waals surface area contributed by atoms with Gasteiger partial charge in [-0.05, 0) is 31.9 Å². The molecule has 0 aliphatic carbocycles. The van der Waals surface area contributed by atoms with Crippen LogP contribution in [-0.4, -0.2) is 57.0 Å². The molecular weight excluding hydrogens is 376 g/mol. The summed E-state index contributed by atoms with van der Waals surface area (Å²) >= 11 is 0. The third kappa shape index (κ3) is 4.16. The molecule has 3 rings (SSSR count). The van der Waals surface area contributed by atoms with Crippen molar-refractivity contribution in [2.75, 3.05) is 26.3 Å². The average molecular weight is 398 g/mol. The number of nitrogens with two attached hydrogens (primary N) is 1. The molecule has 2 aliphatic heterocycles. The van der Waals surface area contributed by atoms with Gasteiger partial charge in [-0.1, -0.05) is 0 Å². The quantitative estimate of drug-likeness (QED) is 0.706. The number of ether oxygens (including phenoxy) is 3. The lowest BCUT2D eigenvalue weighted by atomic mass is 9.98. The van der Waals surface area contributed by atoms with E-state index >= 15 is 0 Å². The average Bonchev–Trinajstić information content (AvgIpc) is 2.67. The lowest BCUT2D eigenvalue weighted by molar-refractivity contribution is -0.159. The fraction of sp³-hybridized carbons (Fsp3) is 0.529. The van der Waals surface area contributed by atoms with Gasteiger partial charge >= 0.3 is 5.97 Å². The number of nitrogens with zero attached hydrogens (tertiary/aromatic N) is 1. The number of hydrogen-bond acceptors (Lipinski definition) is 7. The Bertz CT molecular complexity index is 832. The Kier molecular flexibility index (Phi) is 5.56. The first kappa shape index (κ1) is 19.4. The van der Waals surface area contributed by atoms with E-state index in [2.05, 4.69) is 0 Å². The van der Waals surface area contributed by atoms with E-state index < -0.39 is 33.9 Å². The highest BCUT2D eigenvalue weighted by molar-refractivity contribution is 7.89. The van der Waals surface area contributed by atoms with Crippen molar-refractivity contribution in [3.05, 3.63) is 18.2 Å². The van der Waals surface area contributed by atoms with Crippen LogP contribution in [0.25, 0.3) is 0 Å². The molecule has 27 heavy (non-hydrogen) atoms. The molecule has 2 aliphatic rings. The van der Waals surface area contributed by atoms with E-state index in [9.17, 15) is 18.0 Å². The molecule has 1 atom stereocenters. The lowest BCUT2D eigenvalue weighted by Gasteiger charge is -2.30. The SMILES string of the molecule is C[C@@H](OC(=O)C1CCN(S(=O)(=O)c2ccc3c(c2)OCCO3)CC1)C(N)=O. The maximum Gasteiger partial charge on any atom is 0.309 e. The van der Waals surface area contributed by atoms with Gasteiger partial charge in [0.05, 0.1) is 10.8 Å². The van der Waals surface area contributed by atoms with Gasteiger partial charge in [-0.2, -0.15) is 4.31 Å². The van der Waals surface area contributed by atoms with Crippen molar-refractivity contribution in [3.63, 3.8) is 0 Å². The topological polar surface area (TPSA) is 125 Å². The molecule has 0 aromatic heterocycles. The number of piperidine rings is 1. The molecule has 0 saturated carbocycles. The maximum absolute atomic E-state index is 12.9. The second-order valence-corrected chi connectivity index (χ2v) is 8.40. The molecule has 1 amide bonds. The fourth-order valence-corrected chi connectivity index (χ4v) is 4.48. The second-order valence-electron chi connectivity index (χ2n) is 6.47. The fourth-order valence-electron chi connectivity index (χ4n) is 2.99. The van der Waals surface area contributed by atoms with Gasteiger partial charge in [0.2, 0.25) is 10.0 Å². The molecular formula is C17H22N2O7S. The van der Waals surface area contributed by atoms with Gasteiger partial charge in [0.25, 0.3) is 5.91 Å². The minimum absolute atomic E-state index is 0.120. The van der Waals surface area contributed by atoms with E-state index in [0.717, 1.165) is 0 Å². The van der Waals surface area contributed by atoms with Crippen molar-refractivity contribution in [1.82, 2.24) is 4.31 Å². The molecule has 0 spiro atoms. The van der Waals surface area contributed by atoms with E-state index in [0.29, 0.717) is 37.6 Å². The first-order valence-corrected chi connectivity index (χ1v) is 10.1. The highest BCUT2D eigenvalue weighted by atomic mass is 32.2. The summed E-state index contributed by atoms with van der Waals surface area (Å²) in [7, 11) is -3.71. The highest BCUT2D eigenvalue weighted by Crippen LogP contribution is 2.34. The van der Waals surface area contributed by atoms with Gasteiger partial charge in [-0.3, -0.25) is 9.59 Å². The molecule has 1 aromatic rings. The summed E-state index contributed by atoms with van der Waals surface area (Å²) in [6, 6.07) is 4.52. The summed E-state index contributed by atoms with van der Waals surface area (Å²) in [6.07, 6.45) is -0.376. The zero-order chi connectivity index (χ0) is 19.6. The van der Waals surface area contributed by atoms with Gasteiger partial charge in [-0.25, -0.2) is 8.42 Å². The van der Waals surface area contributed by atoms with Crippen LogP contribution in [-0.2, 0) is 24.3 Å². The van der Waals surface area contributed by atoms with Crippen LogP contribution in [0.4, 0.5) is 0 Å². The molecule has 10 heteroatoms. The largest absolute Gasteiger partial charge is 0.486 e. The van der Waals surface area contributed by atoms with Crippen LogP contribution >= 0.6 is 0 Å². The van der Waals surface area contributed by atoms with Gasteiger partial charge in [-0.15, -0.1) is 0 Å². The summed E-state index contributed by atoms with van der Waals surface area (Å²) in [4.78, 5) is 23.2.